The fourth-order valence-electron chi connectivity index (χ4n) is 1.68. The SMILES string of the molecule is O=[N+]([O-])c1c(Cl)cccc1Nc1ccc(OC(F)F)cc1. The molecule has 0 spiro atoms. The van der Waals surface area contributed by atoms with Gasteiger partial charge in [-0.05, 0) is 36.4 Å². The lowest BCUT2D eigenvalue weighted by Crippen LogP contribution is -2.02. The molecule has 0 aliphatic heterocycles. The highest BCUT2D eigenvalue weighted by atomic mass is 35.5. The molecule has 1 N–H and O–H groups in total. The van der Waals surface area contributed by atoms with E-state index in [1.54, 1.807) is 6.07 Å². The number of hydrogen-bond acceptors (Lipinski definition) is 4. The molecule has 8 heteroatoms. The summed E-state index contributed by atoms with van der Waals surface area (Å²) in [4.78, 5) is 10.4. The number of ether oxygens (including phenoxy) is 1. The quantitative estimate of drug-likeness (QED) is 0.647. The van der Waals surface area contributed by atoms with Crippen molar-refractivity contribution in [3.05, 3.63) is 57.6 Å². The summed E-state index contributed by atoms with van der Waals surface area (Å²) in [5.41, 5.74) is 0.420. The van der Waals surface area contributed by atoms with E-state index < -0.39 is 11.5 Å². The van der Waals surface area contributed by atoms with Crippen LogP contribution in [0.1, 0.15) is 0 Å². The molecule has 0 saturated carbocycles. The molecule has 0 aliphatic carbocycles. The maximum atomic E-state index is 12.0. The molecule has 0 unspecified atom stereocenters. The molecule has 0 bridgehead atoms. The third-order valence-electron chi connectivity index (χ3n) is 2.53. The van der Waals surface area contributed by atoms with Crippen molar-refractivity contribution in [3.63, 3.8) is 0 Å². The van der Waals surface area contributed by atoms with E-state index in [-0.39, 0.29) is 22.1 Å². The molecule has 0 amide bonds. The second-order valence-corrected chi connectivity index (χ2v) is 4.33. The summed E-state index contributed by atoms with van der Waals surface area (Å²) < 4.78 is 28.3. The van der Waals surface area contributed by atoms with Gasteiger partial charge < -0.3 is 10.1 Å². The molecule has 110 valence electrons. The normalized spacial score (nSPS) is 10.5. The molecule has 2 rings (SSSR count). The predicted molar refractivity (Wildman–Crippen MR) is 74.5 cm³/mol. The molecule has 2 aromatic rings. The smallest absolute Gasteiger partial charge is 0.387 e. The minimum absolute atomic E-state index is 0.00246. The fourth-order valence-corrected chi connectivity index (χ4v) is 1.92. The molecule has 0 heterocycles. The zero-order valence-electron chi connectivity index (χ0n) is 10.4. The fraction of sp³-hybridized carbons (Fsp3) is 0.0769. The number of benzene rings is 2. The van der Waals surface area contributed by atoms with Crippen molar-refractivity contribution in [2.24, 2.45) is 0 Å². The Morgan fingerprint density at radius 1 is 1.19 bits per heavy atom. The number of halogens is 3. The summed E-state index contributed by atoms with van der Waals surface area (Å²) in [6, 6.07) is 10.0. The van der Waals surface area contributed by atoms with Crippen LogP contribution in [0.25, 0.3) is 0 Å². The van der Waals surface area contributed by atoms with Crippen LogP contribution in [0.4, 0.5) is 25.8 Å². The first-order valence-corrected chi connectivity index (χ1v) is 6.10. The minimum atomic E-state index is -2.90. The Morgan fingerprint density at radius 3 is 2.43 bits per heavy atom. The number of nitro groups is 1. The summed E-state index contributed by atoms with van der Waals surface area (Å²) >= 11 is 5.79. The highest BCUT2D eigenvalue weighted by Crippen LogP contribution is 2.34. The molecule has 21 heavy (non-hydrogen) atoms. The van der Waals surface area contributed by atoms with Crippen molar-refractivity contribution >= 4 is 28.7 Å². The maximum Gasteiger partial charge on any atom is 0.387 e. The second kappa shape index (κ2) is 6.36. The van der Waals surface area contributed by atoms with Gasteiger partial charge in [-0.1, -0.05) is 17.7 Å². The Hall–Kier alpha value is -2.41. The number of anilines is 2. The van der Waals surface area contributed by atoms with Crippen LogP contribution >= 0.6 is 11.6 Å². The zero-order chi connectivity index (χ0) is 15.4. The number of nitrogens with one attached hydrogen (secondary N) is 1. The van der Waals surface area contributed by atoms with Gasteiger partial charge in [0.1, 0.15) is 16.5 Å². The van der Waals surface area contributed by atoms with Gasteiger partial charge in [0.2, 0.25) is 0 Å². The van der Waals surface area contributed by atoms with Crippen LogP contribution in [0.5, 0.6) is 5.75 Å². The van der Waals surface area contributed by atoms with Gasteiger partial charge in [-0.15, -0.1) is 0 Å². The van der Waals surface area contributed by atoms with Crippen LogP contribution in [0, 0.1) is 10.1 Å². The van der Waals surface area contributed by atoms with E-state index in [1.165, 1.54) is 36.4 Å². The molecule has 0 aromatic heterocycles. The lowest BCUT2D eigenvalue weighted by Gasteiger charge is -2.09. The number of nitrogens with zero attached hydrogens (tertiary/aromatic N) is 1. The van der Waals surface area contributed by atoms with Crippen molar-refractivity contribution in [2.75, 3.05) is 5.32 Å². The van der Waals surface area contributed by atoms with Gasteiger partial charge >= 0.3 is 12.3 Å². The van der Waals surface area contributed by atoms with Gasteiger partial charge in [0.05, 0.1) is 4.92 Å². The van der Waals surface area contributed by atoms with Gasteiger partial charge in [0, 0.05) is 5.69 Å². The van der Waals surface area contributed by atoms with Crippen molar-refractivity contribution < 1.29 is 18.4 Å². The molecular formula is C13H9ClF2N2O3. The van der Waals surface area contributed by atoms with Gasteiger partial charge in [0.15, 0.2) is 0 Å². The predicted octanol–water partition coefficient (Wildman–Crippen LogP) is 4.59. The Balaban J connectivity index is 2.22. The van der Waals surface area contributed by atoms with Gasteiger partial charge in [0.25, 0.3) is 0 Å². The average Bonchev–Trinajstić information content (AvgIpc) is 2.40. The van der Waals surface area contributed by atoms with Crippen LogP contribution in [0.2, 0.25) is 5.02 Å². The first kappa shape index (κ1) is 15.0. The number of alkyl halides is 2. The first-order valence-electron chi connectivity index (χ1n) is 5.72. The monoisotopic (exact) mass is 314 g/mol. The van der Waals surface area contributed by atoms with Crippen molar-refractivity contribution in [1.29, 1.82) is 0 Å². The van der Waals surface area contributed by atoms with Crippen LogP contribution < -0.4 is 10.1 Å². The van der Waals surface area contributed by atoms with E-state index in [2.05, 4.69) is 10.1 Å². The Labute approximate surface area is 123 Å². The minimum Gasteiger partial charge on any atom is -0.435 e. The lowest BCUT2D eigenvalue weighted by molar-refractivity contribution is -0.383. The topological polar surface area (TPSA) is 64.4 Å². The third-order valence-corrected chi connectivity index (χ3v) is 2.83. The molecule has 2 aromatic carbocycles. The van der Waals surface area contributed by atoms with Gasteiger partial charge in [-0.3, -0.25) is 10.1 Å². The van der Waals surface area contributed by atoms with Crippen molar-refractivity contribution in [1.82, 2.24) is 0 Å². The third kappa shape index (κ3) is 3.79. The van der Waals surface area contributed by atoms with Crippen molar-refractivity contribution in [3.8, 4) is 5.75 Å². The van der Waals surface area contributed by atoms with Crippen LogP contribution in [-0.2, 0) is 0 Å². The van der Waals surface area contributed by atoms with Gasteiger partial charge in [-0.25, -0.2) is 0 Å². The van der Waals surface area contributed by atoms with Crippen LogP contribution in [-0.4, -0.2) is 11.5 Å². The summed E-state index contributed by atoms with van der Waals surface area (Å²) in [6.45, 7) is -2.90. The molecule has 0 radical (unpaired) electrons. The number of hydrogen-bond donors (Lipinski definition) is 1. The number of para-hydroxylation sites is 1. The highest BCUT2D eigenvalue weighted by Gasteiger charge is 2.18. The standard InChI is InChI=1S/C13H9ClF2N2O3/c14-10-2-1-3-11(12(10)18(19)20)17-8-4-6-9(7-5-8)21-13(15)16/h1-7,13,17H. The van der Waals surface area contributed by atoms with E-state index in [1.807, 2.05) is 0 Å². The molecular weight excluding hydrogens is 306 g/mol. The summed E-state index contributed by atoms with van der Waals surface area (Å²) in [5, 5.41) is 13.8. The van der Waals surface area contributed by atoms with Gasteiger partial charge in [-0.2, -0.15) is 8.78 Å². The molecule has 0 fully saturated rings. The molecule has 0 saturated heterocycles. The highest BCUT2D eigenvalue weighted by molar-refractivity contribution is 6.33. The van der Waals surface area contributed by atoms with E-state index >= 15 is 0 Å². The molecule has 0 atom stereocenters. The van der Waals surface area contributed by atoms with Crippen LogP contribution in [0.15, 0.2) is 42.5 Å². The van der Waals surface area contributed by atoms with E-state index in [4.69, 9.17) is 11.6 Å². The largest absolute Gasteiger partial charge is 0.435 e. The Bertz CT molecular complexity index is 650. The number of nitro benzene ring substituents is 1. The van der Waals surface area contributed by atoms with Crippen molar-refractivity contribution in [2.45, 2.75) is 6.61 Å². The molecule has 0 aliphatic rings. The zero-order valence-corrected chi connectivity index (χ0v) is 11.2. The summed E-state index contributed by atoms with van der Waals surface area (Å²) in [6.07, 6.45) is 0. The average molecular weight is 315 g/mol. The van der Waals surface area contributed by atoms with E-state index in [9.17, 15) is 18.9 Å². The van der Waals surface area contributed by atoms with E-state index in [0.717, 1.165) is 0 Å². The summed E-state index contributed by atoms with van der Waals surface area (Å²) in [5.74, 6) is -0.00357. The molecule has 5 nitrogen and oxygen atoms in total. The lowest BCUT2D eigenvalue weighted by atomic mass is 10.2. The number of rotatable bonds is 5. The second-order valence-electron chi connectivity index (χ2n) is 3.92. The maximum absolute atomic E-state index is 12.0. The first-order chi connectivity index (χ1) is 9.97. The Morgan fingerprint density at radius 2 is 1.86 bits per heavy atom. The Kier molecular flexibility index (Phi) is 4.54. The van der Waals surface area contributed by atoms with E-state index in [0.29, 0.717) is 5.69 Å². The summed E-state index contributed by atoms with van der Waals surface area (Å²) in [7, 11) is 0. The van der Waals surface area contributed by atoms with Crippen LogP contribution in [0.3, 0.4) is 0 Å².